The summed E-state index contributed by atoms with van der Waals surface area (Å²) in [5.74, 6) is -1.05. The number of hydrogen-bond acceptors (Lipinski definition) is 9. The van der Waals surface area contributed by atoms with Crippen molar-refractivity contribution >= 4 is 41.8 Å². The van der Waals surface area contributed by atoms with Crippen LogP contribution in [-0.4, -0.2) is 76.7 Å². The van der Waals surface area contributed by atoms with E-state index in [1.807, 2.05) is 6.07 Å². The number of nitriles is 1. The average Bonchev–Trinajstić information content (AvgIpc) is 3.27. The van der Waals surface area contributed by atoms with Crippen molar-refractivity contribution in [3.63, 3.8) is 0 Å². The van der Waals surface area contributed by atoms with E-state index in [1.54, 1.807) is 0 Å². The molecule has 29 heavy (non-hydrogen) atoms. The molecule has 3 rings (SSSR count). The number of ether oxygens (including phenoxy) is 1. The van der Waals surface area contributed by atoms with Gasteiger partial charge in [0.25, 0.3) is 0 Å². The number of carbonyl (C=O) groups excluding carboxylic acids is 1. The fraction of sp³-hybridized carbons (Fsp3) is 0.529. The quantitative estimate of drug-likeness (QED) is 0.461. The first-order valence-corrected chi connectivity index (χ1v) is 8.87. The van der Waals surface area contributed by atoms with Gasteiger partial charge in [0.2, 0.25) is 0 Å². The van der Waals surface area contributed by atoms with Crippen molar-refractivity contribution in [2.45, 2.75) is 37.1 Å². The maximum absolute atomic E-state index is 11.1. The summed E-state index contributed by atoms with van der Waals surface area (Å²) in [5.41, 5.74) is 0.301. The molecule has 160 valence electrons. The molecule has 0 aliphatic carbocycles. The van der Waals surface area contributed by atoms with Crippen molar-refractivity contribution in [3.05, 3.63) is 22.8 Å². The Balaban J connectivity index is 0.000000327. The summed E-state index contributed by atoms with van der Waals surface area (Å²) in [7, 11) is 1.34. The first-order valence-electron chi connectivity index (χ1n) is 8.49. The van der Waals surface area contributed by atoms with Gasteiger partial charge in [0.15, 0.2) is 0 Å². The molecule has 0 amide bonds. The van der Waals surface area contributed by atoms with Crippen LogP contribution in [-0.2, 0) is 14.3 Å². The SMILES string of the molecule is COC(=O)[C@@H]1C[C@@H](O)CN1.Cl.N#Cc1cnc(N2C[C@H](O)C[C@H]2C(=O)O)c(Cl)c1. The van der Waals surface area contributed by atoms with Crippen molar-refractivity contribution < 1.29 is 29.6 Å². The van der Waals surface area contributed by atoms with E-state index < -0.39 is 24.2 Å². The molecule has 1 aromatic rings. The summed E-state index contributed by atoms with van der Waals surface area (Å²) in [4.78, 5) is 27.3. The molecule has 2 aliphatic rings. The van der Waals surface area contributed by atoms with Crippen molar-refractivity contribution in [3.8, 4) is 6.07 Å². The van der Waals surface area contributed by atoms with Gasteiger partial charge in [-0.2, -0.15) is 5.26 Å². The maximum Gasteiger partial charge on any atom is 0.326 e. The molecule has 2 saturated heterocycles. The lowest BCUT2D eigenvalue weighted by Gasteiger charge is -2.23. The molecule has 2 fully saturated rings. The largest absolute Gasteiger partial charge is 0.480 e. The third-order valence-electron chi connectivity index (χ3n) is 4.38. The molecule has 10 nitrogen and oxygen atoms in total. The summed E-state index contributed by atoms with van der Waals surface area (Å²) < 4.78 is 4.47. The number of esters is 1. The monoisotopic (exact) mass is 448 g/mol. The van der Waals surface area contributed by atoms with Crippen LogP contribution in [0.1, 0.15) is 18.4 Å². The highest BCUT2D eigenvalue weighted by Crippen LogP contribution is 2.30. The van der Waals surface area contributed by atoms with E-state index in [9.17, 15) is 14.7 Å². The molecule has 0 bridgehead atoms. The molecule has 0 spiro atoms. The van der Waals surface area contributed by atoms with E-state index in [2.05, 4.69) is 15.0 Å². The number of carboxylic acids is 1. The van der Waals surface area contributed by atoms with E-state index in [0.29, 0.717) is 18.5 Å². The number of methoxy groups -OCH3 is 1. The second kappa shape index (κ2) is 11.1. The second-order valence-corrected chi connectivity index (χ2v) is 6.82. The number of pyridine rings is 1. The van der Waals surface area contributed by atoms with Gasteiger partial charge >= 0.3 is 11.9 Å². The Morgan fingerprint density at radius 1 is 1.38 bits per heavy atom. The summed E-state index contributed by atoms with van der Waals surface area (Å²) in [6, 6.07) is 2.17. The third kappa shape index (κ3) is 6.42. The van der Waals surface area contributed by atoms with Crippen LogP contribution < -0.4 is 10.2 Å². The van der Waals surface area contributed by atoms with Crippen molar-refractivity contribution in [2.75, 3.05) is 25.1 Å². The minimum atomic E-state index is -1.03. The van der Waals surface area contributed by atoms with Gasteiger partial charge < -0.3 is 30.3 Å². The zero-order valence-electron chi connectivity index (χ0n) is 15.5. The van der Waals surface area contributed by atoms with Crippen molar-refractivity contribution in [1.29, 1.82) is 5.26 Å². The number of anilines is 1. The molecule has 0 aromatic carbocycles. The summed E-state index contributed by atoms with van der Waals surface area (Å²) >= 11 is 5.98. The van der Waals surface area contributed by atoms with Crippen LogP contribution in [0.5, 0.6) is 0 Å². The molecule has 0 radical (unpaired) electrons. The number of rotatable bonds is 3. The lowest BCUT2D eigenvalue weighted by Crippen LogP contribution is -2.36. The first kappa shape index (κ1) is 24.9. The number of hydrogen-bond donors (Lipinski definition) is 4. The maximum atomic E-state index is 11.1. The fourth-order valence-corrected chi connectivity index (χ4v) is 3.30. The van der Waals surface area contributed by atoms with Gasteiger partial charge in [-0.05, 0) is 6.07 Å². The number of carbonyl (C=O) groups is 2. The van der Waals surface area contributed by atoms with E-state index in [1.165, 1.54) is 24.3 Å². The van der Waals surface area contributed by atoms with Crippen molar-refractivity contribution in [1.82, 2.24) is 10.3 Å². The first-order chi connectivity index (χ1) is 13.3. The van der Waals surface area contributed by atoms with E-state index in [0.717, 1.165) is 0 Å². The van der Waals surface area contributed by atoms with Crippen LogP contribution in [0.15, 0.2) is 12.3 Å². The summed E-state index contributed by atoms with van der Waals surface area (Å²) in [6.07, 6.45) is 0.800. The zero-order valence-corrected chi connectivity index (χ0v) is 17.1. The number of aliphatic carboxylic acids is 1. The molecule has 0 unspecified atom stereocenters. The zero-order chi connectivity index (χ0) is 20.8. The number of halogens is 2. The topological polar surface area (TPSA) is 156 Å². The smallest absolute Gasteiger partial charge is 0.326 e. The molecule has 1 aromatic heterocycles. The van der Waals surface area contributed by atoms with Gasteiger partial charge in [-0.25, -0.2) is 9.78 Å². The predicted molar refractivity (Wildman–Crippen MR) is 105 cm³/mol. The van der Waals surface area contributed by atoms with Gasteiger partial charge in [0.05, 0.1) is 29.9 Å². The van der Waals surface area contributed by atoms with Crippen LogP contribution in [0.3, 0.4) is 0 Å². The Morgan fingerprint density at radius 2 is 2.07 bits per heavy atom. The Labute approximate surface area is 178 Å². The van der Waals surface area contributed by atoms with Crippen molar-refractivity contribution in [2.24, 2.45) is 0 Å². The van der Waals surface area contributed by atoms with E-state index >= 15 is 0 Å². The van der Waals surface area contributed by atoms with Gasteiger partial charge in [-0.3, -0.25) is 4.79 Å². The molecular formula is C17H22Cl2N4O6. The number of aromatic nitrogens is 1. The predicted octanol–water partition coefficient (Wildman–Crippen LogP) is -0.0651. The second-order valence-electron chi connectivity index (χ2n) is 6.41. The lowest BCUT2D eigenvalue weighted by atomic mass is 10.2. The standard InChI is InChI=1S/C11H10ClN3O3.C6H11NO3.ClH/c12-8-1-6(3-13)4-14-10(8)15-5-7(16)2-9(15)11(17)18;1-10-6(9)5-2-4(8)3-7-5;/h1,4,7,9,16H,2,5H2,(H,17,18);4-5,7-8H,2-3H2,1H3;1H/t7-,9+;4-,5+;/m11./s1. The summed E-state index contributed by atoms with van der Waals surface area (Å²) in [6.45, 7) is 0.648. The minimum Gasteiger partial charge on any atom is -0.480 e. The van der Waals surface area contributed by atoms with Crippen LogP contribution in [0, 0.1) is 11.3 Å². The number of β-amino-alcohol motifs (C(OH)–C–C–N with tert-alkyl or cyclic N) is 2. The van der Waals surface area contributed by atoms with Crippen LogP contribution in [0.4, 0.5) is 5.82 Å². The Bertz CT molecular complexity index is 775. The van der Waals surface area contributed by atoms with Crippen LogP contribution >= 0.6 is 24.0 Å². The molecular weight excluding hydrogens is 427 g/mol. The van der Waals surface area contributed by atoms with Gasteiger partial charge in [0, 0.05) is 32.1 Å². The summed E-state index contributed by atoms with van der Waals surface area (Å²) in [5, 5.41) is 39.3. The minimum absolute atomic E-state index is 0. The van der Waals surface area contributed by atoms with E-state index in [4.69, 9.17) is 27.1 Å². The number of aliphatic hydroxyl groups excluding tert-OH is 2. The van der Waals surface area contributed by atoms with Gasteiger partial charge in [-0.15, -0.1) is 12.4 Å². The Morgan fingerprint density at radius 3 is 2.55 bits per heavy atom. The highest BCUT2D eigenvalue weighted by molar-refractivity contribution is 6.33. The average molecular weight is 449 g/mol. The number of nitrogens with one attached hydrogen (secondary N) is 1. The van der Waals surface area contributed by atoms with Crippen LogP contribution in [0.25, 0.3) is 0 Å². The third-order valence-corrected chi connectivity index (χ3v) is 4.66. The molecule has 12 heteroatoms. The lowest BCUT2D eigenvalue weighted by molar-refractivity contribution is -0.143. The highest BCUT2D eigenvalue weighted by atomic mass is 35.5. The number of aliphatic hydroxyl groups is 2. The van der Waals surface area contributed by atoms with Crippen LogP contribution in [0.2, 0.25) is 5.02 Å². The highest BCUT2D eigenvalue weighted by Gasteiger charge is 2.37. The number of nitrogens with zero attached hydrogens (tertiary/aromatic N) is 3. The van der Waals surface area contributed by atoms with E-state index in [-0.39, 0.29) is 48.2 Å². The number of carboxylic acid groups (broad SMARTS) is 1. The molecule has 4 atom stereocenters. The molecule has 2 aliphatic heterocycles. The molecule has 0 saturated carbocycles. The normalized spacial score (nSPS) is 25.3. The Hall–Kier alpha value is -2.16. The molecule has 4 N–H and O–H groups in total. The van der Waals surface area contributed by atoms with Gasteiger partial charge in [-0.1, -0.05) is 11.6 Å². The molecule has 3 heterocycles. The Kier molecular flexibility index (Phi) is 9.55. The van der Waals surface area contributed by atoms with Gasteiger partial charge in [0.1, 0.15) is 24.0 Å². The fourth-order valence-electron chi connectivity index (χ4n) is 3.02.